The maximum atomic E-state index is 10.9. The molecule has 1 rings (SSSR count). The number of methoxy groups -OCH3 is 1. The molecule has 1 aromatic carbocycles. The van der Waals surface area contributed by atoms with Gasteiger partial charge in [0.25, 0.3) is 0 Å². The van der Waals surface area contributed by atoms with E-state index in [0.29, 0.717) is 11.3 Å². The van der Waals surface area contributed by atoms with Gasteiger partial charge in [0.1, 0.15) is 5.75 Å². The third kappa shape index (κ3) is 2.44. The first-order valence-electron chi connectivity index (χ1n) is 4.16. The largest absolute Gasteiger partial charge is 0.501 e. The van der Waals surface area contributed by atoms with Crippen LogP contribution in [0.5, 0.6) is 5.75 Å². The minimum Gasteiger partial charge on any atom is -0.501 e. The number of hydrogen-bond acceptors (Lipinski definition) is 3. The van der Waals surface area contributed by atoms with E-state index in [1.807, 2.05) is 0 Å². The summed E-state index contributed by atoms with van der Waals surface area (Å²) >= 11 is 4.50. The third-order valence-corrected chi connectivity index (χ3v) is 2.18. The van der Waals surface area contributed by atoms with Gasteiger partial charge >= 0.3 is 5.97 Å². The van der Waals surface area contributed by atoms with Crippen LogP contribution in [-0.2, 0) is 4.79 Å². The van der Waals surface area contributed by atoms with E-state index in [9.17, 15) is 4.79 Å². The van der Waals surface area contributed by atoms with Gasteiger partial charge in [0.2, 0.25) is 0 Å². The van der Waals surface area contributed by atoms with Crippen LogP contribution in [0.25, 0.3) is 0 Å². The van der Waals surface area contributed by atoms with Crippen LogP contribution in [0.1, 0.15) is 11.5 Å². The quantitative estimate of drug-likeness (QED) is 0.765. The molecule has 0 aliphatic carbocycles. The minimum absolute atomic E-state index is 0.347. The Balaban J connectivity index is 3.22. The molecule has 1 atom stereocenters. The zero-order chi connectivity index (χ0) is 11.4. The molecule has 1 unspecified atom stereocenters. The number of ether oxygens (including phenoxy) is 1. The summed E-state index contributed by atoms with van der Waals surface area (Å²) in [6.07, 6.45) is 0. The summed E-state index contributed by atoms with van der Waals surface area (Å²) in [5.41, 5.74) is 0.347. The molecule has 0 fully saturated rings. The van der Waals surface area contributed by atoms with Crippen molar-refractivity contribution in [1.29, 1.82) is 0 Å². The summed E-state index contributed by atoms with van der Waals surface area (Å²) < 4.78 is 4.99. The Kier molecular flexibility index (Phi) is 3.62. The number of benzene rings is 1. The van der Waals surface area contributed by atoms with Crippen LogP contribution >= 0.6 is 12.2 Å². The van der Waals surface area contributed by atoms with E-state index in [1.54, 1.807) is 24.3 Å². The number of rotatable bonds is 4. The van der Waals surface area contributed by atoms with E-state index in [0.717, 1.165) is 0 Å². The molecule has 0 bridgehead atoms. The average molecular weight is 226 g/mol. The van der Waals surface area contributed by atoms with Crippen molar-refractivity contribution in [2.75, 3.05) is 7.11 Å². The monoisotopic (exact) mass is 226 g/mol. The summed E-state index contributed by atoms with van der Waals surface area (Å²) in [7, 11) is 1.43. The summed E-state index contributed by atoms with van der Waals surface area (Å²) in [5, 5.41) is 17.5. The average Bonchev–Trinajstić information content (AvgIpc) is 2.17. The van der Waals surface area contributed by atoms with E-state index >= 15 is 0 Å². The first-order chi connectivity index (χ1) is 7.07. The number of aliphatic carboxylic acids is 1. The molecule has 1 aromatic rings. The molecule has 15 heavy (non-hydrogen) atoms. The Labute approximate surface area is 92.1 Å². The standard InChI is InChI=1S/C10H10O4S/c1-14-7-5-3-2-4-6(7)8(9(11)12)10(13)15/h2-5,8H,1H3,(H,11,12)(H,13,15). The predicted molar refractivity (Wildman–Crippen MR) is 58.6 cm³/mol. The lowest BCUT2D eigenvalue weighted by atomic mass is 9.99. The van der Waals surface area contributed by atoms with Crippen LogP contribution in [-0.4, -0.2) is 28.3 Å². The van der Waals surface area contributed by atoms with Gasteiger partial charge < -0.3 is 14.9 Å². The maximum Gasteiger partial charge on any atom is 0.319 e. The van der Waals surface area contributed by atoms with Gasteiger partial charge in [0.05, 0.1) is 7.11 Å². The van der Waals surface area contributed by atoms with Gasteiger partial charge in [-0.1, -0.05) is 18.2 Å². The number of para-hydroxylation sites is 1. The van der Waals surface area contributed by atoms with Crippen molar-refractivity contribution in [3.05, 3.63) is 29.8 Å². The molecule has 0 amide bonds. The number of carboxylic acids is 1. The van der Waals surface area contributed by atoms with E-state index < -0.39 is 16.9 Å². The Hall–Kier alpha value is -1.62. The van der Waals surface area contributed by atoms with Crippen LogP contribution < -0.4 is 4.74 Å². The van der Waals surface area contributed by atoms with Crippen molar-refractivity contribution in [3.63, 3.8) is 0 Å². The molecule has 2 N–H and O–H groups in total. The lowest BCUT2D eigenvalue weighted by Gasteiger charge is -2.13. The number of thiocarbonyl (C=S) groups is 1. The maximum absolute atomic E-state index is 10.9. The molecule has 0 spiro atoms. The van der Waals surface area contributed by atoms with Crippen molar-refractivity contribution in [2.45, 2.75) is 5.92 Å². The summed E-state index contributed by atoms with van der Waals surface area (Å²) in [5.74, 6) is -2.04. The highest BCUT2D eigenvalue weighted by Gasteiger charge is 2.27. The van der Waals surface area contributed by atoms with E-state index in [-0.39, 0.29) is 0 Å². The van der Waals surface area contributed by atoms with Crippen molar-refractivity contribution in [2.24, 2.45) is 0 Å². The van der Waals surface area contributed by atoms with Crippen molar-refractivity contribution >= 4 is 23.2 Å². The highest BCUT2D eigenvalue weighted by Crippen LogP contribution is 2.27. The van der Waals surface area contributed by atoms with E-state index in [4.69, 9.17) is 14.9 Å². The fourth-order valence-electron chi connectivity index (χ4n) is 1.28. The normalized spacial score (nSPS) is 11.8. The van der Waals surface area contributed by atoms with Crippen molar-refractivity contribution < 1.29 is 19.7 Å². The molecular formula is C10H10O4S. The Morgan fingerprint density at radius 1 is 1.40 bits per heavy atom. The molecule has 0 aromatic heterocycles. The third-order valence-electron chi connectivity index (χ3n) is 1.94. The zero-order valence-corrected chi connectivity index (χ0v) is 8.82. The first kappa shape index (κ1) is 11.5. The molecule has 80 valence electrons. The SMILES string of the molecule is COc1ccccc1C(C(=O)O)C(O)=S. The van der Waals surface area contributed by atoms with Gasteiger partial charge in [-0.2, -0.15) is 0 Å². The van der Waals surface area contributed by atoms with Gasteiger partial charge in [-0.05, 0) is 18.3 Å². The molecular weight excluding hydrogens is 216 g/mol. The molecule has 5 heteroatoms. The van der Waals surface area contributed by atoms with Crippen LogP contribution in [0.15, 0.2) is 24.3 Å². The molecule has 0 heterocycles. The van der Waals surface area contributed by atoms with Gasteiger partial charge in [-0.25, -0.2) is 0 Å². The number of hydrogen-bond donors (Lipinski definition) is 2. The van der Waals surface area contributed by atoms with Crippen LogP contribution in [0, 0.1) is 0 Å². The number of aliphatic hydroxyl groups excluding tert-OH is 1. The fraction of sp³-hybridized carbons (Fsp3) is 0.200. The number of carboxylic acid groups (broad SMARTS) is 1. The second kappa shape index (κ2) is 4.75. The molecule has 0 aliphatic heterocycles. The Morgan fingerprint density at radius 3 is 2.47 bits per heavy atom. The smallest absolute Gasteiger partial charge is 0.319 e. The zero-order valence-electron chi connectivity index (χ0n) is 8.01. The van der Waals surface area contributed by atoms with Gasteiger partial charge in [-0.3, -0.25) is 4.79 Å². The lowest BCUT2D eigenvalue weighted by Crippen LogP contribution is -2.20. The molecule has 0 aliphatic rings. The van der Waals surface area contributed by atoms with Gasteiger partial charge in [-0.15, -0.1) is 0 Å². The second-order valence-corrected chi connectivity index (χ2v) is 3.27. The van der Waals surface area contributed by atoms with Crippen LogP contribution in [0.3, 0.4) is 0 Å². The van der Waals surface area contributed by atoms with Gasteiger partial charge in [0.15, 0.2) is 11.0 Å². The molecule has 0 radical (unpaired) electrons. The highest BCUT2D eigenvalue weighted by atomic mass is 32.1. The summed E-state index contributed by atoms with van der Waals surface area (Å²) in [4.78, 5) is 10.9. The summed E-state index contributed by atoms with van der Waals surface area (Å²) in [6, 6.07) is 6.54. The van der Waals surface area contributed by atoms with Crippen LogP contribution in [0.4, 0.5) is 0 Å². The van der Waals surface area contributed by atoms with Crippen molar-refractivity contribution in [1.82, 2.24) is 0 Å². The lowest BCUT2D eigenvalue weighted by molar-refractivity contribution is -0.137. The minimum atomic E-state index is -1.23. The second-order valence-electron chi connectivity index (χ2n) is 2.85. The number of aliphatic hydroxyl groups is 1. The predicted octanol–water partition coefficient (Wildman–Crippen LogP) is 1.75. The Bertz CT molecular complexity index is 375. The van der Waals surface area contributed by atoms with Crippen LogP contribution in [0.2, 0.25) is 0 Å². The van der Waals surface area contributed by atoms with Gasteiger partial charge in [0, 0.05) is 5.56 Å². The van der Waals surface area contributed by atoms with E-state index in [1.165, 1.54) is 7.11 Å². The fourth-order valence-corrected chi connectivity index (χ4v) is 1.50. The number of carbonyl (C=O) groups is 1. The highest BCUT2D eigenvalue weighted by molar-refractivity contribution is 7.80. The molecule has 4 nitrogen and oxygen atoms in total. The van der Waals surface area contributed by atoms with E-state index in [2.05, 4.69) is 12.2 Å². The summed E-state index contributed by atoms with van der Waals surface area (Å²) in [6.45, 7) is 0. The molecule has 0 saturated carbocycles. The molecule has 0 saturated heterocycles. The Morgan fingerprint density at radius 2 is 2.00 bits per heavy atom. The first-order valence-corrected chi connectivity index (χ1v) is 4.57. The topological polar surface area (TPSA) is 66.8 Å². The van der Waals surface area contributed by atoms with Crippen molar-refractivity contribution in [3.8, 4) is 5.75 Å².